The van der Waals surface area contributed by atoms with E-state index in [4.69, 9.17) is 0 Å². The van der Waals surface area contributed by atoms with E-state index in [1.54, 1.807) is 6.08 Å². The van der Waals surface area contributed by atoms with E-state index in [1.165, 1.54) is 50.8 Å². The summed E-state index contributed by atoms with van der Waals surface area (Å²) in [5.74, 6) is 1.02. The minimum atomic E-state index is 0.287. The molecule has 1 heterocycles. The second-order valence-corrected chi connectivity index (χ2v) is 5.95. The lowest BCUT2D eigenvalue weighted by atomic mass is 9.80. The molecule has 0 spiro atoms. The monoisotopic (exact) mass is 245 g/mol. The highest BCUT2D eigenvalue weighted by Gasteiger charge is 2.31. The maximum absolute atomic E-state index is 11.2. The van der Waals surface area contributed by atoms with Crippen LogP contribution >= 0.6 is 0 Å². The normalized spacial score (nSPS) is 35.8. The highest BCUT2D eigenvalue weighted by molar-refractivity contribution is 5.91. The zero-order valence-corrected chi connectivity index (χ0v) is 11.1. The number of carbonyl (C=O) groups excluding carboxylic acids is 1. The first-order valence-electron chi connectivity index (χ1n) is 7.48. The third-order valence-electron chi connectivity index (χ3n) is 4.71. The van der Waals surface area contributed by atoms with Gasteiger partial charge >= 0.3 is 0 Å². The zero-order chi connectivity index (χ0) is 12.4. The van der Waals surface area contributed by atoms with Crippen LogP contribution < -0.4 is 0 Å². The van der Waals surface area contributed by atoms with E-state index in [9.17, 15) is 4.79 Å². The van der Waals surface area contributed by atoms with Gasteiger partial charge in [-0.05, 0) is 50.8 Å². The number of likely N-dealkylation sites (tertiary alicyclic amines) is 1. The Hall–Kier alpha value is -0.890. The average Bonchev–Trinajstić information content (AvgIpc) is 2.32. The van der Waals surface area contributed by atoms with Crippen molar-refractivity contribution in [1.82, 2.24) is 4.90 Å². The van der Waals surface area contributed by atoms with Crippen molar-refractivity contribution in [3.05, 3.63) is 23.8 Å². The SMILES string of the molecule is O=C1C=CC(=CC2CCCCC2N2CCC2)CC1. The van der Waals surface area contributed by atoms with Crippen LogP contribution in [0.25, 0.3) is 0 Å². The van der Waals surface area contributed by atoms with Gasteiger partial charge in [-0.3, -0.25) is 9.69 Å². The zero-order valence-electron chi connectivity index (χ0n) is 11.1. The standard InChI is InChI=1S/C16H23NO/c18-15-8-6-13(7-9-15)12-14-4-1-2-5-16(14)17-10-3-11-17/h6,8,12,14,16H,1-5,7,9-11H2. The van der Waals surface area contributed by atoms with Gasteiger partial charge in [-0.15, -0.1) is 0 Å². The van der Waals surface area contributed by atoms with Crippen molar-refractivity contribution in [2.45, 2.75) is 51.0 Å². The molecule has 0 N–H and O–H groups in total. The molecule has 1 aliphatic heterocycles. The predicted molar refractivity (Wildman–Crippen MR) is 73.4 cm³/mol. The summed E-state index contributed by atoms with van der Waals surface area (Å²) < 4.78 is 0. The molecule has 2 unspecified atom stereocenters. The molecule has 1 saturated carbocycles. The van der Waals surface area contributed by atoms with Crippen LogP contribution in [0.1, 0.15) is 44.9 Å². The van der Waals surface area contributed by atoms with Gasteiger partial charge in [0.05, 0.1) is 0 Å². The highest BCUT2D eigenvalue weighted by atomic mass is 16.1. The van der Waals surface area contributed by atoms with Crippen molar-refractivity contribution in [1.29, 1.82) is 0 Å². The number of allylic oxidation sites excluding steroid dienone is 3. The van der Waals surface area contributed by atoms with Crippen molar-refractivity contribution in [3.63, 3.8) is 0 Å². The van der Waals surface area contributed by atoms with Crippen LogP contribution in [0.4, 0.5) is 0 Å². The lowest BCUT2D eigenvalue weighted by Crippen LogP contribution is -2.49. The van der Waals surface area contributed by atoms with Gasteiger partial charge in [-0.1, -0.05) is 30.6 Å². The van der Waals surface area contributed by atoms with Gasteiger partial charge in [0.25, 0.3) is 0 Å². The van der Waals surface area contributed by atoms with Gasteiger partial charge < -0.3 is 0 Å². The van der Waals surface area contributed by atoms with E-state index in [1.807, 2.05) is 6.08 Å². The second-order valence-electron chi connectivity index (χ2n) is 5.95. The maximum atomic E-state index is 11.2. The van der Waals surface area contributed by atoms with Crippen LogP contribution in [0.5, 0.6) is 0 Å². The Kier molecular flexibility index (Phi) is 3.64. The fourth-order valence-corrected chi connectivity index (χ4v) is 3.51. The molecule has 18 heavy (non-hydrogen) atoms. The molecule has 0 radical (unpaired) electrons. The van der Waals surface area contributed by atoms with Crippen LogP contribution in [0, 0.1) is 5.92 Å². The van der Waals surface area contributed by atoms with E-state index in [2.05, 4.69) is 11.0 Å². The van der Waals surface area contributed by atoms with Crippen molar-refractivity contribution >= 4 is 5.78 Å². The van der Waals surface area contributed by atoms with Crippen LogP contribution in [-0.2, 0) is 4.79 Å². The number of nitrogens with zero attached hydrogens (tertiary/aromatic N) is 1. The Bertz CT molecular complexity index is 379. The lowest BCUT2D eigenvalue weighted by Gasteiger charge is -2.44. The van der Waals surface area contributed by atoms with Gasteiger partial charge in [0, 0.05) is 12.5 Å². The molecule has 2 nitrogen and oxygen atoms in total. The Labute approximate surface area is 110 Å². The Morgan fingerprint density at radius 3 is 2.56 bits per heavy atom. The second kappa shape index (κ2) is 5.40. The minimum absolute atomic E-state index is 0.287. The van der Waals surface area contributed by atoms with Crippen LogP contribution in [0.15, 0.2) is 23.8 Å². The quantitative estimate of drug-likeness (QED) is 0.745. The number of hydrogen-bond acceptors (Lipinski definition) is 2. The third-order valence-corrected chi connectivity index (χ3v) is 4.71. The predicted octanol–water partition coefficient (Wildman–Crippen LogP) is 3.10. The van der Waals surface area contributed by atoms with Crippen molar-refractivity contribution in [2.24, 2.45) is 5.92 Å². The largest absolute Gasteiger partial charge is 0.300 e. The molecular formula is C16H23NO. The summed E-state index contributed by atoms with van der Waals surface area (Å²) in [5, 5.41) is 0. The van der Waals surface area contributed by atoms with Gasteiger partial charge in [0.2, 0.25) is 0 Å². The third kappa shape index (κ3) is 2.59. The van der Waals surface area contributed by atoms with Gasteiger partial charge in [-0.25, -0.2) is 0 Å². The molecule has 98 valence electrons. The molecule has 0 amide bonds. The highest BCUT2D eigenvalue weighted by Crippen LogP contribution is 2.33. The van der Waals surface area contributed by atoms with Crippen molar-refractivity contribution in [2.75, 3.05) is 13.1 Å². The molecule has 2 atom stereocenters. The van der Waals surface area contributed by atoms with Gasteiger partial charge in [0.1, 0.15) is 0 Å². The molecule has 2 fully saturated rings. The van der Waals surface area contributed by atoms with Gasteiger partial charge in [0.15, 0.2) is 5.78 Å². The van der Waals surface area contributed by atoms with E-state index in [0.29, 0.717) is 6.42 Å². The first kappa shape index (κ1) is 12.2. The van der Waals surface area contributed by atoms with E-state index in [0.717, 1.165) is 18.4 Å². The van der Waals surface area contributed by atoms with Crippen LogP contribution in [-0.4, -0.2) is 29.8 Å². The summed E-state index contributed by atoms with van der Waals surface area (Å²) in [4.78, 5) is 13.9. The molecule has 1 saturated heterocycles. The smallest absolute Gasteiger partial charge is 0.156 e. The molecule has 0 aromatic rings. The van der Waals surface area contributed by atoms with E-state index < -0.39 is 0 Å². The maximum Gasteiger partial charge on any atom is 0.156 e. The van der Waals surface area contributed by atoms with Crippen LogP contribution in [0.3, 0.4) is 0 Å². The summed E-state index contributed by atoms with van der Waals surface area (Å²) in [7, 11) is 0. The number of rotatable bonds is 2. The number of carbonyl (C=O) groups is 1. The van der Waals surface area contributed by atoms with E-state index in [-0.39, 0.29) is 5.78 Å². The molecule has 3 rings (SSSR count). The molecular weight excluding hydrogens is 222 g/mol. The first-order valence-corrected chi connectivity index (χ1v) is 7.48. The average molecular weight is 245 g/mol. The van der Waals surface area contributed by atoms with E-state index >= 15 is 0 Å². The van der Waals surface area contributed by atoms with Crippen molar-refractivity contribution in [3.8, 4) is 0 Å². The fraction of sp³-hybridized carbons (Fsp3) is 0.688. The molecule has 0 aromatic heterocycles. The summed E-state index contributed by atoms with van der Waals surface area (Å²) in [5.41, 5.74) is 1.40. The topological polar surface area (TPSA) is 20.3 Å². The number of hydrogen-bond donors (Lipinski definition) is 0. The minimum Gasteiger partial charge on any atom is -0.300 e. The molecule has 0 aromatic carbocycles. The summed E-state index contributed by atoms with van der Waals surface area (Å²) in [6.45, 7) is 2.61. The Morgan fingerprint density at radius 2 is 1.89 bits per heavy atom. The molecule has 2 aliphatic carbocycles. The number of ketones is 1. The fourth-order valence-electron chi connectivity index (χ4n) is 3.51. The van der Waals surface area contributed by atoms with Crippen molar-refractivity contribution < 1.29 is 4.79 Å². The molecule has 2 heteroatoms. The van der Waals surface area contributed by atoms with Crippen LogP contribution in [0.2, 0.25) is 0 Å². The summed E-state index contributed by atoms with van der Waals surface area (Å²) in [6, 6.07) is 0.783. The lowest BCUT2D eigenvalue weighted by molar-refractivity contribution is -0.114. The summed E-state index contributed by atoms with van der Waals surface area (Å²) in [6.07, 6.45) is 14.8. The molecule has 3 aliphatic rings. The van der Waals surface area contributed by atoms with Gasteiger partial charge in [-0.2, -0.15) is 0 Å². The first-order chi connectivity index (χ1) is 8.83. The molecule has 0 bridgehead atoms. The Balaban J connectivity index is 1.70. The Morgan fingerprint density at radius 1 is 1.06 bits per heavy atom. The summed E-state index contributed by atoms with van der Waals surface area (Å²) >= 11 is 0.